The molecule has 0 atom stereocenters. The Morgan fingerprint density at radius 3 is 2.58 bits per heavy atom. The second-order valence-corrected chi connectivity index (χ2v) is 5.98. The molecule has 0 saturated carbocycles. The van der Waals surface area contributed by atoms with Gasteiger partial charge in [-0.2, -0.15) is 0 Å². The lowest BCUT2D eigenvalue weighted by Crippen LogP contribution is -2.05. The van der Waals surface area contributed by atoms with E-state index in [2.05, 4.69) is 55.4 Å². The molecule has 2 nitrogen and oxygen atoms in total. The van der Waals surface area contributed by atoms with Crippen molar-refractivity contribution in [3.63, 3.8) is 0 Å². The Morgan fingerprint density at radius 1 is 1.05 bits per heavy atom. The van der Waals surface area contributed by atoms with Crippen molar-refractivity contribution in [3.8, 4) is 5.75 Å². The lowest BCUT2D eigenvalue weighted by Gasteiger charge is -2.10. The van der Waals surface area contributed by atoms with E-state index in [0.29, 0.717) is 6.61 Å². The van der Waals surface area contributed by atoms with Gasteiger partial charge in [0, 0.05) is 11.0 Å². The Labute approximate surface area is 130 Å². The van der Waals surface area contributed by atoms with Crippen LogP contribution in [0.5, 0.6) is 5.75 Å². The van der Waals surface area contributed by atoms with E-state index >= 15 is 0 Å². The number of nitrogens with one attached hydrogen (secondary N) is 1. The Hall–Kier alpha value is -0.840. The predicted octanol–water partition coefficient (Wildman–Crippen LogP) is 4.51. The average molecular weight is 385 g/mol. The monoisotopic (exact) mass is 383 g/mol. The first-order valence-corrected chi connectivity index (χ1v) is 7.58. The van der Waals surface area contributed by atoms with Gasteiger partial charge in [0.2, 0.25) is 0 Å². The normalized spacial score (nSPS) is 10.5. The van der Waals surface area contributed by atoms with Gasteiger partial charge < -0.3 is 10.1 Å². The third-order valence-corrected chi connectivity index (χ3v) is 3.77. The number of benzene rings is 2. The minimum atomic E-state index is 0.559. The summed E-state index contributed by atoms with van der Waals surface area (Å²) in [6, 6.07) is 14.3. The van der Waals surface area contributed by atoms with Gasteiger partial charge in [0.05, 0.1) is 4.47 Å². The Balaban J connectivity index is 2.03. The molecule has 1 N–H and O–H groups in total. The van der Waals surface area contributed by atoms with Crippen LogP contribution in [0.2, 0.25) is 0 Å². The van der Waals surface area contributed by atoms with Gasteiger partial charge in [0.1, 0.15) is 12.4 Å². The van der Waals surface area contributed by atoms with E-state index in [1.54, 1.807) is 0 Å². The van der Waals surface area contributed by atoms with Crippen molar-refractivity contribution in [2.75, 3.05) is 7.05 Å². The van der Waals surface area contributed by atoms with Crippen LogP contribution in [0.15, 0.2) is 51.4 Å². The smallest absolute Gasteiger partial charge is 0.134 e. The molecule has 4 heteroatoms. The minimum Gasteiger partial charge on any atom is -0.488 e. The van der Waals surface area contributed by atoms with Crippen LogP contribution in [0.4, 0.5) is 0 Å². The van der Waals surface area contributed by atoms with E-state index in [-0.39, 0.29) is 0 Å². The van der Waals surface area contributed by atoms with Crippen molar-refractivity contribution in [2.45, 2.75) is 13.2 Å². The van der Waals surface area contributed by atoms with E-state index in [1.807, 2.05) is 31.3 Å². The van der Waals surface area contributed by atoms with Crippen molar-refractivity contribution in [2.24, 2.45) is 0 Å². The first-order chi connectivity index (χ1) is 9.19. The van der Waals surface area contributed by atoms with Gasteiger partial charge in [-0.15, -0.1) is 0 Å². The molecule has 0 spiro atoms. The molecule has 2 aromatic rings. The maximum Gasteiger partial charge on any atom is 0.134 e. The number of hydrogen-bond donors (Lipinski definition) is 1. The largest absolute Gasteiger partial charge is 0.488 e. The Bertz CT molecular complexity index is 558. The summed E-state index contributed by atoms with van der Waals surface area (Å²) in [6.07, 6.45) is 0. The van der Waals surface area contributed by atoms with Gasteiger partial charge in [0.25, 0.3) is 0 Å². The van der Waals surface area contributed by atoms with Crippen molar-refractivity contribution in [1.82, 2.24) is 5.32 Å². The molecule has 2 rings (SSSR count). The summed E-state index contributed by atoms with van der Waals surface area (Å²) < 4.78 is 7.87. The highest BCUT2D eigenvalue weighted by Crippen LogP contribution is 2.27. The fraction of sp³-hybridized carbons (Fsp3) is 0.200. The van der Waals surface area contributed by atoms with Crippen molar-refractivity contribution in [1.29, 1.82) is 0 Å². The van der Waals surface area contributed by atoms with Crippen LogP contribution < -0.4 is 10.1 Å². The van der Waals surface area contributed by atoms with Crippen molar-refractivity contribution < 1.29 is 4.74 Å². The van der Waals surface area contributed by atoms with Gasteiger partial charge >= 0.3 is 0 Å². The molecule has 0 fully saturated rings. The van der Waals surface area contributed by atoms with E-state index in [4.69, 9.17) is 4.74 Å². The molecule has 2 aromatic carbocycles. The average Bonchev–Trinajstić information content (AvgIpc) is 2.38. The summed E-state index contributed by atoms with van der Waals surface area (Å²) in [5.74, 6) is 0.861. The molecule has 0 bridgehead atoms. The molecule has 0 aliphatic heterocycles. The van der Waals surface area contributed by atoms with Crippen molar-refractivity contribution in [3.05, 3.63) is 62.5 Å². The standard InChI is InChI=1S/C15H15Br2NO/c1-18-9-11-5-6-15(14(17)8-11)19-10-12-3-2-4-13(16)7-12/h2-8,18H,9-10H2,1H3. The van der Waals surface area contributed by atoms with Crippen LogP contribution in [-0.4, -0.2) is 7.05 Å². The van der Waals surface area contributed by atoms with Gasteiger partial charge in [-0.3, -0.25) is 0 Å². The minimum absolute atomic E-state index is 0.559. The first kappa shape index (κ1) is 14.6. The van der Waals surface area contributed by atoms with E-state index in [1.165, 1.54) is 5.56 Å². The molecule has 0 aliphatic rings. The lowest BCUT2D eigenvalue weighted by atomic mass is 10.2. The fourth-order valence-electron chi connectivity index (χ4n) is 1.76. The van der Waals surface area contributed by atoms with Gasteiger partial charge in [-0.25, -0.2) is 0 Å². The zero-order valence-corrected chi connectivity index (χ0v) is 13.8. The summed E-state index contributed by atoms with van der Waals surface area (Å²) in [5, 5.41) is 3.13. The zero-order chi connectivity index (χ0) is 13.7. The summed E-state index contributed by atoms with van der Waals surface area (Å²) >= 11 is 7.00. The summed E-state index contributed by atoms with van der Waals surface area (Å²) in [5.41, 5.74) is 2.37. The molecule has 0 saturated heterocycles. The van der Waals surface area contributed by atoms with Crippen LogP contribution in [0, 0.1) is 0 Å². The summed E-state index contributed by atoms with van der Waals surface area (Å²) in [4.78, 5) is 0. The summed E-state index contributed by atoms with van der Waals surface area (Å²) in [6.45, 7) is 1.41. The van der Waals surface area contributed by atoms with E-state index < -0.39 is 0 Å². The van der Waals surface area contributed by atoms with Crippen LogP contribution in [0.1, 0.15) is 11.1 Å². The molecule has 0 heterocycles. The SMILES string of the molecule is CNCc1ccc(OCc2cccc(Br)c2)c(Br)c1. The van der Waals surface area contributed by atoms with E-state index in [0.717, 1.165) is 26.8 Å². The number of ether oxygens (including phenoxy) is 1. The lowest BCUT2D eigenvalue weighted by molar-refractivity contribution is 0.304. The van der Waals surface area contributed by atoms with E-state index in [9.17, 15) is 0 Å². The molecule has 0 aliphatic carbocycles. The topological polar surface area (TPSA) is 21.3 Å². The van der Waals surface area contributed by atoms with Gasteiger partial charge in [0.15, 0.2) is 0 Å². The highest BCUT2D eigenvalue weighted by atomic mass is 79.9. The highest BCUT2D eigenvalue weighted by molar-refractivity contribution is 9.10. The van der Waals surface area contributed by atoms with Crippen molar-refractivity contribution >= 4 is 31.9 Å². The molecule has 0 radical (unpaired) electrons. The molecule has 100 valence electrons. The van der Waals surface area contributed by atoms with Gasteiger partial charge in [-0.05, 0) is 58.4 Å². The Morgan fingerprint density at radius 2 is 1.89 bits per heavy atom. The number of hydrogen-bond acceptors (Lipinski definition) is 2. The Kier molecular flexibility index (Phi) is 5.43. The second-order valence-electron chi connectivity index (χ2n) is 4.21. The molecular weight excluding hydrogens is 370 g/mol. The molecule has 0 aromatic heterocycles. The maximum absolute atomic E-state index is 5.82. The molecule has 0 unspecified atom stereocenters. The third-order valence-electron chi connectivity index (χ3n) is 2.66. The number of rotatable bonds is 5. The fourth-order valence-corrected chi connectivity index (χ4v) is 2.75. The van der Waals surface area contributed by atoms with Crippen LogP contribution in [0.3, 0.4) is 0 Å². The molecular formula is C15H15Br2NO. The highest BCUT2D eigenvalue weighted by Gasteiger charge is 2.03. The van der Waals surface area contributed by atoms with Crippen LogP contribution in [0.25, 0.3) is 0 Å². The zero-order valence-electron chi connectivity index (χ0n) is 10.6. The molecule has 0 amide bonds. The van der Waals surface area contributed by atoms with Crippen LogP contribution >= 0.6 is 31.9 Å². The predicted molar refractivity (Wildman–Crippen MR) is 85.4 cm³/mol. The van der Waals surface area contributed by atoms with Crippen LogP contribution in [-0.2, 0) is 13.2 Å². The maximum atomic E-state index is 5.82. The first-order valence-electron chi connectivity index (χ1n) is 5.99. The number of halogens is 2. The second kappa shape index (κ2) is 7.08. The quantitative estimate of drug-likeness (QED) is 0.818. The van der Waals surface area contributed by atoms with Gasteiger partial charge in [-0.1, -0.05) is 34.1 Å². The third kappa shape index (κ3) is 4.34. The molecule has 19 heavy (non-hydrogen) atoms. The summed E-state index contributed by atoms with van der Waals surface area (Å²) in [7, 11) is 1.94.